The molecule has 20 heavy (non-hydrogen) atoms. The molecule has 0 radical (unpaired) electrons. The van der Waals surface area contributed by atoms with E-state index in [-0.39, 0.29) is 5.39 Å². The van der Waals surface area contributed by atoms with Crippen LogP contribution in [0.5, 0.6) is 11.5 Å². The van der Waals surface area contributed by atoms with Gasteiger partial charge in [0.05, 0.1) is 0 Å². The third kappa shape index (κ3) is 2.29. The molecule has 0 aliphatic heterocycles. The standard InChI is InChI=1S/C10H8O8S2/c11-9-7(20(16,17)18)4-5-2-1-3-6(19(13,14)15)8(5)10(9)12/h1-4,11-12H,(H,13,14,15)(H,16,17,18). The smallest absolute Gasteiger partial charge is 0.298 e. The van der Waals surface area contributed by atoms with Gasteiger partial charge < -0.3 is 10.2 Å². The van der Waals surface area contributed by atoms with Gasteiger partial charge in [-0.15, -0.1) is 0 Å². The second kappa shape index (κ2) is 4.31. The average molecular weight is 320 g/mol. The fourth-order valence-corrected chi connectivity index (χ4v) is 3.12. The highest BCUT2D eigenvalue weighted by Gasteiger charge is 2.25. The molecule has 0 amide bonds. The molecule has 0 saturated heterocycles. The molecule has 2 rings (SSSR count). The molecule has 8 nitrogen and oxygen atoms in total. The monoisotopic (exact) mass is 320 g/mol. The van der Waals surface area contributed by atoms with Gasteiger partial charge in [0, 0.05) is 5.39 Å². The summed E-state index contributed by atoms with van der Waals surface area (Å²) in [5.74, 6) is -2.29. The first-order chi connectivity index (χ1) is 9.03. The van der Waals surface area contributed by atoms with Crippen LogP contribution in [0.3, 0.4) is 0 Å². The molecule has 0 atom stereocenters. The number of hydrogen-bond donors (Lipinski definition) is 4. The van der Waals surface area contributed by atoms with E-state index in [1.165, 1.54) is 12.1 Å². The molecule has 0 aliphatic carbocycles. The third-order valence-electron chi connectivity index (χ3n) is 2.60. The van der Waals surface area contributed by atoms with Crippen LogP contribution >= 0.6 is 0 Å². The lowest BCUT2D eigenvalue weighted by Gasteiger charge is -2.10. The van der Waals surface area contributed by atoms with Crippen LogP contribution in [-0.4, -0.2) is 36.2 Å². The normalized spacial score (nSPS) is 12.7. The van der Waals surface area contributed by atoms with Gasteiger partial charge in [-0.2, -0.15) is 16.8 Å². The predicted molar refractivity (Wildman–Crippen MR) is 66.9 cm³/mol. The molecule has 0 unspecified atom stereocenters. The third-order valence-corrected chi connectivity index (χ3v) is 4.36. The van der Waals surface area contributed by atoms with Gasteiger partial charge in [-0.3, -0.25) is 9.11 Å². The van der Waals surface area contributed by atoms with E-state index < -0.39 is 46.9 Å². The number of aromatic hydroxyl groups is 2. The Morgan fingerprint density at radius 1 is 0.800 bits per heavy atom. The summed E-state index contributed by atoms with van der Waals surface area (Å²) < 4.78 is 62.4. The molecule has 0 fully saturated rings. The zero-order valence-electron chi connectivity index (χ0n) is 9.55. The van der Waals surface area contributed by atoms with Gasteiger partial charge in [0.15, 0.2) is 11.5 Å². The minimum Gasteiger partial charge on any atom is -0.504 e. The number of rotatable bonds is 2. The van der Waals surface area contributed by atoms with Crippen LogP contribution in [-0.2, 0) is 20.2 Å². The molecule has 10 heteroatoms. The van der Waals surface area contributed by atoms with Gasteiger partial charge in [0.2, 0.25) is 0 Å². The second-order valence-electron chi connectivity index (χ2n) is 3.88. The molecule has 4 N–H and O–H groups in total. The van der Waals surface area contributed by atoms with E-state index in [2.05, 4.69) is 0 Å². The molecule has 0 spiro atoms. The van der Waals surface area contributed by atoms with Crippen LogP contribution in [0.4, 0.5) is 0 Å². The van der Waals surface area contributed by atoms with Crippen LogP contribution in [0, 0.1) is 0 Å². The number of phenolic OH excluding ortho intramolecular Hbond substituents is 2. The molecule has 0 aromatic heterocycles. The van der Waals surface area contributed by atoms with Crippen LogP contribution in [0.25, 0.3) is 10.8 Å². The molecule has 2 aromatic rings. The first-order valence-electron chi connectivity index (χ1n) is 4.96. The Morgan fingerprint density at radius 2 is 1.35 bits per heavy atom. The van der Waals surface area contributed by atoms with E-state index >= 15 is 0 Å². The molecular formula is C10H8O8S2. The molecule has 2 aromatic carbocycles. The van der Waals surface area contributed by atoms with Gasteiger partial charge in [-0.1, -0.05) is 12.1 Å². The van der Waals surface area contributed by atoms with E-state index in [0.717, 1.165) is 12.1 Å². The van der Waals surface area contributed by atoms with Crippen LogP contribution in [0.1, 0.15) is 0 Å². The minimum atomic E-state index is -4.82. The summed E-state index contributed by atoms with van der Waals surface area (Å²) in [5, 5.41) is 18.7. The quantitative estimate of drug-likeness (QED) is 0.467. The van der Waals surface area contributed by atoms with Crippen LogP contribution in [0.15, 0.2) is 34.1 Å². The number of benzene rings is 2. The second-order valence-corrected chi connectivity index (χ2v) is 6.66. The Kier molecular flexibility index (Phi) is 3.13. The van der Waals surface area contributed by atoms with Crippen molar-refractivity contribution in [1.29, 1.82) is 0 Å². The zero-order valence-corrected chi connectivity index (χ0v) is 11.2. The minimum absolute atomic E-state index is 0.108. The number of fused-ring (bicyclic) bond motifs is 1. The first-order valence-corrected chi connectivity index (χ1v) is 7.84. The van der Waals surface area contributed by atoms with Crippen molar-refractivity contribution in [2.75, 3.05) is 0 Å². The van der Waals surface area contributed by atoms with Gasteiger partial charge >= 0.3 is 0 Å². The fourth-order valence-electron chi connectivity index (χ4n) is 1.78. The summed E-state index contributed by atoms with van der Waals surface area (Å²) >= 11 is 0. The summed E-state index contributed by atoms with van der Waals surface area (Å²) in [7, 11) is -9.52. The van der Waals surface area contributed by atoms with Crippen molar-refractivity contribution in [1.82, 2.24) is 0 Å². The SMILES string of the molecule is O=S(=O)(O)c1cc2cccc(S(=O)(=O)O)c2c(O)c1O. The maximum absolute atomic E-state index is 11.2. The summed E-state index contributed by atoms with van der Waals surface area (Å²) in [4.78, 5) is -1.68. The number of phenols is 2. The Labute approximate surface area is 113 Å². The van der Waals surface area contributed by atoms with Crippen molar-refractivity contribution >= 4 is 31.0 Å². The van der Waals surface area contributed by atoms with Gasteiger partial charge in [-0.05, 0) is 17.5 Å². The molecular weight excluding hydrogens is 312 g/mol. The summed E-state index contributed by atoms with van der Waals surface area (Å²) in [6, 6.07) is 4.16. The Morgan fingerprint density at radius 3 is 1.85 bits per heavy atom. The Balaban J connectivity index is 3.07. The van der Waals surface area contributed by atoms with E-state index in [9.17, 15) is 27.0 Å². The van der Waals surface area contributed by atoms with Crippen LogP contribution < -0.4 is 0 Å². The highest BCUT2D eigenvalue weighted by atomic mass is 32.2. The largest absolute Gasteiger partial charge is 0.504 e. The lowest BCUT2D eigenvalue weighted by Crippen LogP contribution is -2.02. The van der Waals surface area contributed by atoms with Gasteiger partial charge in [0.25, 0.3) is 20.2 Å². The topological polar surface area (TPSA) is 149 Å². The highest BCUT2D eigenvalue weighted by molar-refractivity contribution is 7.86. The maximum atomic E-state index is 11.2. The fraction of sp³-hybridized carbons (Fsp3) is 0. The van der Waals surface area contributed by atoms with Crippen molar-refractivity contribution < 1.29 is 36.2 Å². The molecule has 0 bridgehead atoms. The molecule has 0 saturated carbocycles. The van der Waals surface area contributed by atoms with Crippen molar-refractivity contribution in [3.63, 3.8) is 0 Å². The van der Waals surface area contributed by atoms with E-state index in [0.29, 0.717) is 0 Å². The lowest BCUT2D eigenvalue weighted by atomic mass is 10.1. The Hall–Kier alpha value is -1.88. The van der Waals surface area contributed by atoms with E-state index in [1.807, 2.05) is 0 Å². The van der Waals surface area contributed by atoms with E-state index in [1.54, 1.807) is 0 Å². The van der Waals surface area contributed by atoms with Crippen LogP contribution in [0.2, 0.25) is 0 Å². The highest BCUT2D eigenvalue weighted by Crippen LogP contribution is 2.41. The van der Waals surface area contributed by atoms with Gasteiger partial charge in [-0.25, -0.2) is 0 Å². The van der Waals surface area contributed by atoms with E-state index in [4.69, 9.17) is 9.11 Å². The van der Waals surface area contributed by atoms with Crippen molar-refractivity contribution in [2.24, 2.45) is 0 Å². The van der Waals surface area contributed by atoms with Gasteiger partial charge in [0.1, 0.15) is 9.79 Å². The van der Waals surface area contributed by atoms with Crippen molar-refractivity contribution in [2.45, 2.75) is 9.79 Å². The molecule has 0 aliphatic rings. The molecule has 0 heterocycles. The first kappa shape index (κ1) is 14.5. The zero-order chi connectivity index (χ0) is 15.3. The summed E-state index contributed by atoms with van der Waals surface area (Å²) in [6.07, 6.45) is 0. The average Bonchev–Trinajstić information content (AvgIpc) is 2.30. The molecule has 108 valence electrons. The Bertz CT molecular complexity index is 912. The predicted octanol–water partition coefficient (Wildman–Crippen LogP) is 0.744. The lowest BCUT2D eigenvalue weighted by molar-refractivity contribution is 0.392. The van der Waals surface area contributed by atoms with Crippen molar-refractivity contribution in [3.05, 3.63) is 24.3 Å². The summed E-state index contributed by atoms with van der Waals surface area (Å²) in [5.41, 5.74) is 0. The maximum Gasteiger partial charge on any atom is 0.298 e. The number of hydrogen-bond acceptors (Lipinski definition) is 6. The summed E-state index contributed by atoms with van der Waals surface area (Å²) in [6.45, 7) is 0. The van der Waals surface area contributed by atoms with Crippen molar-refractivity contribution in [3.8, 4) is 11.5 Å².